The van der Waals surface area contributed by atoms with Gasteiger partial charge >= 0.3 is 18.6 Å². The molecule has 0 aromatic rings. The Bertz CT molecular complexity index is 233. The van der Waals surface area contributed by atoms with Gasteiger partial charge in [-0.2, -0.15) is 0 Å². The third kappa shape index (κ3) is 17.5. The predicted molar refractivity (Wildman–Crippen MR) is 80.2 cm³/mol. The van der Waals surface area contributed by atoms with E-state index >= 15 is 0 Å². The summed E-state index contributed by atoms with van der Waals surface area (Å²) in [4.78, 5) is 20.7. The number of hydrogen-bond donors (Lipinski definition) is 0. The number of unbranched alkanes of at least 4 members (excludes halogenated alkanes) is 2. The van der Waals surface area contributed by atoms with Crippen LogP contribution in [0.25, 0.3) is 0 Å². The van der Waals surface area contributed by atoms with E-state index < -0.39 is 11.9 Å². The van der Waals surface area contributed by atoms with Gasteiger partial charge in [0, 0.05) is 11.9 Å². The Hall–Kier alpha value is -0.516. The van der Waals surface area contributed by atoms with E-state index in [4.69, 9.17) is 0 Å². The number of aliphatic carboxylic acids is 2. The fourth-order valence-corrected chi connectivity index (χ4v) is 1.88. The smallest absolute Gasteiger partial charge is 0.550 e. The predicted octanol–water partition coefficient (Wildman–Crippen LogP) is 1.08. The summed E-state index contributed by atoms with van der Waals surface area (Å²) in [6.07, 6.45) is 7.04. The van der Waals surface area contributed by atoms with Crippen molar-refractivity contribution in [3.8, 4) is 0 Å². The van der Waals surface area contributed by atoms with Gasteiger partial charge in [-0.3, -0.25) is 0 Å². The zero-order chi connectivity index (χ0) is 16.0. The minimum atomic E-state index is -0.893. The van der Waals surface area contributed by atoms with Crippen LogP contribution in [0.5, 0.6) is 0 Å². The van der Waals surface area contributed by atoms with Gasteiger partial charge in [0.2, 0.25) is 0 Å². The van der Waals surface area contributed by atoms with Gasteiger partial charge in [0.25, 0.3) is 0 Å². The minimum absolute atomic E-state index is 0. The Labute approximate surface area is 147 Å². The van der Waals surface area contributed by atoms with Gasteiger partial charge in [0.1, 0.15) is 0 Å². The van der Waals surface area contributed by atoms with Crippen LogP contribution in [0.4, 0.5) is 0 Å². The zero-order valence-electron chi connectivity index (χ0n) is 14.4. The summed E-state index contributed by atoms with van der Waals surface area (Å²) >= 11 is 0. The molecule has 2 atom stereocenters. The van der Waals surface area contributed by atoms with Crippen LogP contribution in [0.2, 0.25) is 0 Å². The third-order valence-corrected chi connectivity index (χ3v) is 3.46. The molecule has 0 aliphatic heterocycles. The molecule has 1 radical (unpaired) electrons. The van der Waals surface area contributed by atoms with E-state index in [9.17, 15) is 19.8 Å². The third-order valence-electron chi connectivity index (χ3n) is 3.46. The zero-order valence-corrected chi connectivity index (χ0v) is 15.8. The molecule has 0 bridgehead atoms. The topological polar surface area (TPSA) is 112 Å². The Morgan fingerprint density at radius 1 is 0.773 bits per heavy atom. The molecule has 0 aromatic carbocycles. The first-order chi connectivity index (χ1) is 9.44. The molecule has 5 nitrogen and oxygen atoms in total. The molecule has 0 saturated carbocycles. The molecule has 0 aliphatic carbocycles. The van der Waals surface area contributed by atoms with Gasteiger partial charge in [-0.25, -0.2) is 0 Å². The Balaban J connectivity index is -0.000000135. The summed E-state index contributed by atoms with van der Waals surface area (Å²) < 4.78 is 0. The van der Waals surface area contributed by atoms with E-state index in [2.05, 4.69) is 13.8 Å². The first-order valence-electron chi connectivity index (χ1n) is 7.86. The summed E-state index contributed by atoms with van der Waals surface area (Å²) in [6, 6.07) is 0. The molecule has 2 N–H and O–H groups in total. The summed E-state index contributed by atoms with van der Waals surface area (Å²) in [5, 5.41) is 20.7. The first-order valence-corrected chi connectivity index (χ1v) is 7.86. The fourth-order valence-electron chi connectivity index (χ4n) is 1.88. The second kappa shape index (κ2) is 20.5. The number of carboxylic acid groups (broad SMARTS) is 2. The average molecular weight is 355 g/mol. The van der Waals surface area contributed by atoms with Crippen molar-refractivity contribution in [1.29, 1.82) is 0 Å². The molecule has 0 aromatic heterocycles. The number of hydrogen-bond acceptors (Lipinski definition) is 4. The Kier molecular flexibility index (Phi) is 27.5. The number of carboxylic acids is 2. The van der Waals surface area contributed by atoms with E-state index in [1.807, 2.05) is 13.8 Å². The van der Waals surface area contributed by atoms with Crippen molar-refractivity contribution in [2.24, 2.45) is 11.8 Å². The van der Waals surface area contributed by atoms with Gasteiger partial charge in [0.05, 0.1) is 0 Å². The minimum Gasteiger partial charge on any atom is -0.550 e. The molecule has 131 valence electrons. The first kappa shape index (κ1) is 29.5. The van der Waals surface area contributed by atoms with Gasteiger partial charge in [-0.05, 0) is 37.5 Å². The molecule has 0 aliphatic rings. The molecule has 0 rings (SSSR count). The molecule has 22 heavy (non-hydrogen) atoms. The second-order valence-corrected chi connectivity index (χ2v) is 5.13. The monoisotopic (exact) mass is 355 g/mol. The molecule has 0 saturated heterocycles. The van der Waals surface area contributed by atoms with Gasteiger partial charge < -0.3 is 25.3 Å². The van der Waals surface area contributed by atoms with Crippen molar-refractivity contribution in [2.75, 3.05) is 0 Å². The maximum atomic E-state index is 10.3. The quantitative estimate of drug-likeness (QED) is 0.583. The van der Waals surface area contributed by atoms with Crippen LogP contribution in [0, 0.1) is 11.8 Å². The van der Waals surface area contributed by atoms with Crippen LogP contribution < -0.4 is 10.2 Å². The molecule has 0 heterocycles. The molecular formula is C16H32O5V. The van der Waals surface area contributed by atoms with Crippen LogP contribution in [0.1, 0.15) is 79.1 Å². The average Bonchev–Trinajstić information content (AvgIpc) is 2.40. The van der Waals surface area contributed by atoms with Crippen molar-refractivity contribution in [1.82, 2.24) is 0 Å². The fraction of sp³-hybridized carbons (Fsp3) is 0.875. The van der Waals surface area contributed by atoms with Crippen LogP contribution >= 0.6 is 0 Å². The van der Waals surface area contributed by atoms with Crippen molar-refractivity contribution < 1.29 is 43.8 Å². The SMILES string of the molecule is CCCCC(CC)C(=O)[O-].CCCCC(CC)C(=O)[O-].O.[V+2]. The van der Waals surface area contributed by atoms with Crippen LogP contribution in [0.15, 0.2) is 0 Å². The summed E-state index contributed by atoms with van der Waals surface area (Å²) in [6.45, 7) is 7.89. The Morgan fingerprint density at radius 3 is 1.18 bits per heavy atom. The van der Waals surface area contributed by atoms with Crippen molar-refractivity contribution >= 4 is 11.9 Å². The Morgan fingerprint density at radius 2 is 1.05 bits per heavy atom. The maximum absolute atomic E-state index is 10.3. The number of rotatable bonds is 10. The van der Waals surface area contributed by atoms with Gasteiger partial charge in [0.15, 0.2) is 0 Å². The van der Waals surface area contributed by atoms with Crippen molar-refractivity contribution in [2.45, 2.75) is 79.1 Å². The standard InChI is InChI=1S/2C8H16O2.H2O.V/c2*1-3-5-6-7(4-2)8(9)10;;/h2*7H,3-6H2,1-2H3,(H,9,10);1H2;/q;;;+2/p-2. The van der Waals surface area contributed by atoms with Crippen LogP contribution in [-0.4, -0.2) is 17.4 Å². The molecule has 2 unspecified atom stereocenters. The van der Waals surface area contributed by atoms with Crippen molar-refractivity contribution in [3.63, 3.8) is 0 Å². The molecule has 0 fully saturated rings. The summed E-state index contributed by atoms with van der Waals surface area (Å²) in [5.74, 6) is -2.23. The van der Waals surface area contributed by atoms with Gasteiger partial charge in [-0.1, -0.05) is 53.4 Å². The molecular weight excluding hydrogens is 323 g/mol. The van der Waals surface area contributed by atoms with E-state index in [0.29, 0.717) is 12.8 Å². The molecule has 6 heteroatoms. The largest absolute Gasteiger partial charge is 2.00 e. The van der Waals surface area contributed by atoms with Gasteiger partial charge in [-0.15, -0.1) is 0 Å². The van der Waals surface area contributed by atoms with Crippen LogP contribution in [0.3, 0.4) is 0 Å². The summed E-state index contributed by atoms with van der Waals surface area (Å²) in [7, 11) is 0. The van der Waals surface area contributed by atoms with Crippen molar-refractivity contribution in [3.05, 3.63) is 0 Å². The van der Waals surface area contributed by atoms with Crippen LogP contribution in [-0.2, 0) is 28.1 Å². The van der Waals surface area contributed by atoms with E-state index in [1.54, 1.807) is 0 Å². The molecule has 0 amide bonds. The van der Waals surface area contributed by atoms with E-state index in [-0.39, 0.29) is 35.9 Å². The second-order valence-electron chi connectivity index (χ2n) is 5.13. The van der Waals surface area contributed by atoms with E-state index in [1.165, 1.54) is 0 Å². The van der Waals surface area contributed by atoms with E-state index in [0.717, 1.165) is 38.5 Å². The summed E-state index contributed by atoms with van der Waals surface area (Å²) in [5.41, 5.74) is 0. The number of carbonyl (C=O) groups is 2. The normalized spacial score (nSPS) is 11.8. The molecule has 0 spiro atoms. The number of carbonyl (C=O) groups excluding carboxylic acids is 2. The maximum Gasteiger partial charge on any atom is 2.00 e.